The Kier molecular flexibility index (Phi) is 3.26. The molecule has 0 aliphatic carbocycles. The highest BCUT2D eigenvalue weighted by molar-refractivity contribution is 5.74. The molecule has 0 aromatic carbocycles. The number of carbonyl (C=O) groups excluding carboxylic acids is 1. The molecule has 2 saturated heterocycles. The largest absolute Gasteiger partial charge is 0.467 e. The van der Waals surface area contributed by atoms with Crippen LogP contribution in [0.5, 0.6) is 0 Å². The van der Waals surface area contributed by atoms with E-state index in [1.165, 1.54) is 20.0 Å². The second kappa shape index (κ2) is 4.49. The summed E-state index contributed by atoms with van der Waals surface area (Å²) in [5, 5.41) is 3.35. The fraction of sp³-hybridized carbons (Fsp3) is 0.909. The molecule has 2 rings (SSSR count). The summed E-state index contributed by atoms with van der Waals surface area (Å²) in [5.41, 5.74) is 0.329. The lowest BCUT2D eigenvalue weighted by atomic mass is 9.74. The molecule has 2 fully saturated rings. The molecular weight excluding hydrogens is 194 g/mol. The first kappa shape index (κ1) is 10.9. The van der Waals surface area contributed by atoms with Gasteiger partial charge in [0.05, 0.1) is 13.7 Å². The van der Waals surface area contributed by atoms with Crippen molar-refractivity contribution in [1.29, 1.82) is 0 Å². The van der Waals surface area contributed by atoms with E-state index in [9.17, 15) is 4.79 Å². The van der Waals surface area contributed by atoms with E-state index >= 15 is 0 Å². The Labute approximate surface area is 90.3 Å². The van der Waals surface area contributed by atoms with Gasteiger partial charge in [0.15, 0.2) is 6.10 Å². The Hall–Kier alpha value is -0.610. The molecule has 0 aromatic heterocycles. The highest BCUT2D eigenvalue weighted by Crippen LogP contribution is 2.38. The van der Waals surface area contributed by atoms with Crippen LogP contribution in [-0.2, 0) is 14.3 Å². The van der Waals surface area contributed by atoms with E-state index in [-0.39, 0.29) is 12.1 Å². The minimum absolute atomic E-state index is 0.223. The van der Waals surface area contributed by atoms with Crippen LogP contribution in [0.2, 0.25) is 0 Å². The maximum Gasteiger partial charge on any atom is 0.334 e. The van der Waals surface area contributed by atoms with E-state index in [1.807, 2.05) is 0 Å². The number of nitrogens with one attached hydrogen (secondary N) is 1. The number of hydrogen-bond acceptors (Lipinski definition) is 4. The third-order valence-corrected chi connectivity index (χ3v) is 3.66. The highest BCUT2D eigenvalue weighted by Gasteiger charge is 2.39. The molecule has 1 N–H and O–H groups in total. The maximum atomic E-state index is 11.3. The molecule has 1 atom stereocenters. The van der Waals surface area contributed by atoms with Crippen LogP contribution >= 0.6 is 0 Å². The van der Waals surface area contributed by atoms with Gasteiger partial charge in [0.25, 0.3) is 0 Å². The Morgan fingerprint density at radius 1 is 1.40 bits per heavy atom. The predicted octanol–water partition coefficient (Wildman–Crippen LogP) is 0.708. The first-order chi connectivity index (χ1) is 7.26. The minimum atomic E-state index is -0.324. The van der Waals surface area contributed by atoms with E-state index in [2.05, 4.69) is 10.1 Å². The fourth-order valence-electron chi connectivity index (χ4n) is 2.54. The highest BCUT2D eigenvalue weighted by atomic mass is 16.6. The first-order valence-corrected chi connectivity index (χ1v) is 5.66. The Morgan fingerprint density at radius 2 is 2.13 bits per heavy atom. The second-order valence-corrected chi connectivity index (χ2v) is 4.61. The lowest BCUT2D eigenvalue weighted by Gasteiger charge is -2.42. The van der Waals surface area contributed by atoms with Crippen LogP contribution in [0.4, 0.5) is 0 Å². The van der Waals surface area contributed by atoms with Crippen LogP contribution < -0.4 is 5.32 Å². The molecule has 1 spiro atoms. The van der Waals surface area contributed by atoms with Crippen molar-refractivity contribution < 1.29 is 14.3 Å². The molecule has 4 nitrogen and oxygen atoms in total. The molecule has 86 valence electrons. The number of piperidine rings is 1. The number of rotatable bonds is 1. The quantitative estimate of drug-likeness (QED) is 0.652. The van der Waals surface area contributed by atoms with E-state index < -0.39 is 0 Å². The average molecular weight is 213 g/mol. The van der Waals surface area contributed by atoms with E-state index in [1.54, 1.807) is 0 Å². The van der Waals surface area contributed by atoms with Crippen LogP contribution in [0.25, 0.3) is 0 Å². The van der Waals surface area contributed by atoms with Crippen molar-refractivity contribution in [3.05, 3.63) is 0 Å². The smallest absolute Gasteiger partial charge is 0.334 e. The molecule has 0 saturated carbocycles. The second-order valence-electron chi connectivity index (χ2n) is 4.61. The normalized spacial score (nSPS) is 30.1. The van der Waals surface area contributed by atoms with Gasteiger partial charge in [0.2, 0.25) is 0 Å². The molecule has 2 aliphatic heterocycles. The summed E-state index contributed by atoms with van der Waals surface area (Å²) in [7, 11) is 1.42. The van der Waals surface area contributed by atoms with Crippen molar-refractivity contribution in [3.8, 4) is 0 Å². The van der Waals surface area contributed by atoms with Gasteiger partial charge in [-0.05, 0) is 44.2 Å². The van der Waals surface area contributed by atoms with Gasteiger partial charge < -0.3 is 14.8 Å². The maximum absolute atomic E-state index is 11.3. The van der Waals surface area contributed by atoms with Crippen molar-refractivity contribution >= 4 is 5.97 Å². The van der Waals surface area contributed by atoms with Gasteiger partial charge in [0, 0.05) is 0 Å². The molecule has 1 unspecified atom stereocenters. The van der Waals surface area contributed by atoms with Crippen molar-refractivity contribution in [2.24, 2.45) is 5.41 Å². The summed E-state index contributed by atoms with van der Waals surface area (Å²) in [6, 6.07) is 0. The van der Waals surface area contributed by atoms with Crippen molar-refractivity contribution in [2.45, 2.75) is 31.8 Å². The molecule has 0 radical (unpaired) electrons. The lowest BCUT2D eigenvalue weighted by molar-refractivity contribution is -0.164. The number of esters is 1. The average Bonchev–Trinajstić information content (AvgIpc) is 2.30. The first-order valence-electron chi connectivity index (χ1n) is 5.66. The summed E-state index contributed by atoms with van der Waals surface area (Å²) in [4.78, 5) is 11.3. The zero-order valence-corrected chi connectivity index (χ0v) is 9.25. The third-order valence-electron chi connectivity index (χ3n) is 3.66. The predicted molar refractivity (Wildman–Crippen MR) is 55.5 cm³/mol. The standard InChI is InChI=1S/C11H19NO3/c1-14-10(13)9-2-3-11(8-15-9)4-6-12-7-5-11/h9,12H,2-8H2,1H3. The van der Waals surface area contributed by atoms with Crippen LogP contribution in [0, 0.1) is 5.41 Å². The van der Waals surface area contributed by atoms with Crippen LogP contribution in [0.1, 0.15) is 25.7 Å². The number of methoxy groups -OCH3 is 1. The molecule has 0 bridgehead atoms. The lowest BCUT2D eigenvalue weighted by Crippen LogP contribution is -2.45. The van der Waals surface area contributed by atoms with E-state index in [4.69, 9.17) is 4.74 Å². The van der Waals surface area contributed by atoms with Crippen LogP contribution in [0.3, 0.4) is 0 Å². The summed E-state index contributed by atoms with van der Waals surface area (Å²) in [6.07, 6.45) is 3.92. The van der Waals surface area contributed by atoms with Crippen molar-refractivity contribution in [3.63, 3.8) is 0 Å². The zero-order chi connectivity index (χ0) is 10.7. The number of hydrogen-bond donors (Lipinski definition) is 1. The summed E-state index contributed by atoms with van der Waals surface area (Å²) in [6.45, 7) is 2.87. The van der Waals surface area contributed by atoms with Crippen molar-refractivity contribution in [1.82, 2.24) is 5.32 Å². The Morgan fingerprint density at radius 3 is 2.67 bits per heavy atom. The molecule has 2 aliphatic rings. The number of carbonyl (C=O) groups is 1. The van der Waals surface area contributed by atoms with Gasteiger partial charge in [-0.2, -0.15) is 0 Å². The fourth-order valence-corrected chi connectivity index (χ4v) is 2.54. The van der Waals surface area contributed by atoms with E-state index in [0.29, 0.717) is 12.0 Å². The zero-order valence-electron chi connectivity index (χ0n) is 9.25. The topological polar surface area (TPSA) is 47.6 Å². The van der Waals surface area contributed by atoms with Crippen molar-refractivity contribution in [2.75, 3.05) is 26.8 Å². The summed E-state index contributed by atoms with van der Waals surface area (Å²) in [5.74, 6) is -0.223. The SMILES string of the molecule is COC(=O)C1CCC2(CCNCC2)CO1. The monoisotopic (exact) mass is 213 g/mol. The summed E-state index contributed by atoms with van der Waals surface area (Å²) >= 11 is 0. The summed E-state index contributed by atoms with van der Waals surface area (Å²) < 4.78 is 10.3. The Bertz CT molecular complexity index is 226. The molecule has 2 heterocycles. The molecular formula is C11H19NO3. The van der Waals surface area contributed by atoms with Gasteiger partial charge in [-0.3, -0.25) is 0 Å². The molecule has 15 heavy (non-hydrogen) atoms. The van der Waals surface area contributed by atoms with Crippen LogP contribution in [-0.4, -0.2) is 38.9 Å². The number of ether oxygens (including phenoxy) is 2. The minimum Gasteiger partial charge on any atom is -0.467 e. The molecule has 4 heteroatoms. The van der Waals surface area contributed by atoms with E-state index in [0.717, 1.165) is 25.9 Å². The van der Waals surface area contributed by atoms with Gasteiger partial charge >= 0.3 is 5.97 Å². The van der Waals surface area contributed by atoms with Gasteiger partial charge in [-0.25, -0.2) is 4.79 Å². The molecule has 0 amide bonds. The van der Waals surface area contributed by atoms with Gasteiger partial charge in [-0.1, -0.05) is 0 Å². The Balaban J connectivity index is 1.88. The molecule has 0 aromatic rings. The third kappa shape index (κ3) is 2.32. The van der Waals surface area contributed by atoms with Gasteiger partial charge in [-0.15, -0.1) is 0 Å². The van der Waals surface area contributed by atoms with Crippen LogP contribution in [0.15, 0.2) is 0 Å². The van der Waals surface area contributed by atoms with Gasteiger partial charge in [0.1, 0.15) is 0 Å².